The summed E-state index contributed by atoms with van der Waals surface area (Å²) in [6.07, 6.45) is -0.0231. The molecule has 0 aromatic rings. The van der Waals surface area contributed by atoms with Gasteiger partial charge in [-0.25, -0.2) is 0 Å². The molecule has 60 valence electrons. The molecule has 5 nitrogen and oxygen atoms in total. The summed E-state index contributed by atoms with van der Waals surface area (Å²) in [4.78, 5) is 20.2. The van der Waals surface area contributed by atoms with E-state index < -0.39 is 17.9 Å². The van der Waals surface area contributed by atoms with Crippen LogP contribution in [0.3, 0.4) is 0 Å². The van der Waals surface area contributed by atoms with Crippen molar-refractivity contribution in [3.63, 3.8) is 0 Å². The first kappa shape index (κ1) is 18.6. The first-order valence-corrected chi connectivity index (χ1v) is 2.75. The van der Waals surface area contributed by atoms with Crippen molar-refractivity contribution in [3.05, 3.63) is 0 Å². The minimum atomic E-state index is -1.36. The topological polar surface area (TPSA) is 101 Å². The third-order valence-corrected chi connectivity index (χ3v) is 1.05. The van der Waals surface area contributed by atoms with E-state index in [2.05, 4.69) is 0 Å². The van der Waals surface area contributed by atoms with E-state index in [4.69, 9.17) is 15.9 Å². The minimum absolute atomic E-state index is 0. The Kier molecular flexibility index (Phi) is 15.5. The van der Waals surface area contributed by atoms with Crippen molar-refractivity contribution in [3.8, 4) is 0 Å². The number of carbonyl (C=O) groups is 2. The van der Waals surface area contributed by atoms with Crippen LogP contribution in [0.5, 0.6) is 0 Å². The Morgan fingerprint density at radius 2 is 1.50 bits per heavy atom. The quantitative estimate of drug-likeness (QED) is 0.367. The van der Waals surface area contributed by atoms with Crippen LogP contribution in [0, 0.1) is 5.92 Å². The summed E-state index contributed by atoms with van der Waals surface area (Å²) in [6, 6.07) is 0. The van der Waals surface area contributed by atoms with Gasteiger partial charge in [0.05, 0.1) is 0 Å². The number of hydrogen-bond donors (Lipinski definition) is 3. The fourth-order valence-electron chi connectivity index (χ4n) is 0.519. The second-order valence-corrected chi connectivity index (χ2v) is 1.81. The normalized spacial score (nSPS) is 8.17. The summed E-state index contributed by atoms with van der Waals surface area (Å²) in [5.41, 5.74) is 4.98. The number of hydrogen-bond acceptors (Lipinski definition) is 3. The second-order valence-electron chi connectivity index (χ2n) is 1.81. The van der Waals surface area contributed by atoms with Gasteiger partial charge in [0.1, 0.15) is 0 Å². The molecule has 4 N–H and O–H groups in total. The Hall–Kier alpha value is 0.900. The zero-order chi connectivity index (χ0) is 8.15. The van der Waals surface area contributed by atoms with Crippen LogP contribution in [0.25, 0.3) is 0 Å². The van der Waals surface area contributed by atoms with Crippen LogP contribution in [-0.2, 0) is 9.59 Å². The van der Waals surface area contributed by atoms with Gasteiger partial charge < -0.3 is 15.9 Å². The molecule has 0 aliphatic rings. The van der Waals surface area contributed by atoms with E-state index in [0.29, 0.717) is 0 Å². The maximum Gasteiger partial charge on any atom is 0.317 e. The molecule has 0 heterocycles. The van der Waals surface area contributed by atoms with Gasteiger partial charge in [0.15, 0.2) is 5.92 Å². The van der Waals surface area contributed by atoms with Crippen molar-refractivity contribution in [2.24, 2.45) is 11.7 Å². The van der Waals surface area contributed by atoms with E-state index in [9.17, 15) is 9.59 Å². The zero-order valence-corrected chi connectivity index (χ0v) is 11.3. The number of carboxylic acids is 2. The second kappa shape index (κ2) is 9.98. The van der Waals surface area contributed by atoms with Gasteiger partial charge in [0.2, 0.25) is 0 Å². The number of rotatable bonds is 4. The smallest absolute Gasteiger partial charge is 0.317 e. The molecule has 0 rings (SSSR count). The number of aliphatic carboxylic acids is 2. The van der Waals surface area contributed by atoms with Gasteiger partial charge in [0, 0.05) is 59.1 Å². The Labute approximate surface area is 114 Å². The largest absolute Gasteiger partial charge is 0.481 e. The molecule has 0 saturated carbocycles. The van der Waals surface area contributed by atoms with E-state index in [1.54, 1.807) is 0 Å². The van der Waals surface area contributed by atoms with E-state index >= 15 is 0 Å². The molecule has 7 heteroatoms. The molecule has 0 amide bonds. The third kappa shape index (κ3) is 7.54. The summed E-state index contributed by atoms with van der Waals surface area (Å²) in [6.45, 7) is 0.0727. The van der Waals surface area contributed by atoms with Gasteiger partial charge in [-0.15, -0.1) is 0 Å². The first-order chi connectivity index (χ1) is 4.59. The molecule has 0 unspecified atom stereocenters. The molecule has 0 fully saturated rings. The molecule has 0 aromatic heterocycles. The standard InChI is InChI=1S/C5H9NO4.2Na/c6-2-1-3(4(7)8)5(9)10;;/h3H,1-2,6H2,(H,7,8)(H,9,10);;. The van der Waals surface area contributed by atoms with Crippen LogP contribution in [-0.4, -0.2) is 87.8 Å². The molecule has 12 heavy (non-hydrogen) atoms. The Morgan fingerprint density at radius 3 is 1.58 bits per heavy atom. The van der Waals surface area contributed by atoms with E-state index in [0.717, 1.165) is 0 Å². The average Bonchev–Trinajstić information content (AvgIpc) is 1.81. The summed E-state index contributed by atoms with van der Waals surface area (Å²) in [5.74, 6) is -4.03. The van der Waals surface area contributed by atoms with Gasteiger partial charge >= 0.3 is 11.9 Å². The van der Waals surface area contributed by atoms with Crippen molar-refractivity contribution in [2.45, 2.75) is 6.42 Å². The van der Waals surface area contributed by atoms with E-state index in [1.807, 2.05) is 0 Å². The molecule has 0 aromatic carbocycles. The third-order valence-electron chi connectivity index (χ3n) is 1.05. The van der Waals surface area contributed by atoms with Gasteiger partial charge in [0.25, 0.3) is 0 Å². The maximum atomic E-state index is 10.1. The van der Waals surface area contributed by atoms with Gasteiger partial charge in [-0.3, -0.25) is 9.59 Å². The van der Waals surface area contributed by atoms with Crippen LogP contribution in [0.4, 0.5) is 0 Å². The van der Waals surface area contributed by atoms with E-state index in [-0.39, 0.29) is 72.1 Å². The average molecular weight is 193 g/mol. The SMILES string of the molecule is NCCC(C(=O)O)C(=O)O.[Na].[Na]. The first-order valence-electron chi connectivity index (χ1n) is 2.75. The fourth-order valence-corrected chi connectivity index (χ4v) is 0.519. The zero-order valence-electron chi connectivity index (χ0n) is 7.28. The fraction of sp³-hybridized carbons (Fsp3) is 0.600. The van der Waals surface area contributed by atoms with Crippen LogP contribution in [0.1, 0.15) is 6.42 Å². The van der Waals surface area contributed by atoms with E-state index in [1.165, 1.54) is 0 Å². The van der Waals surface area contributed by atoms with Crippen molar-refractivity contribution in [1.29, 1.82) is 0 Å². The molecule has 0 aliphatic carbocycles. The number of carboxylic acid groups (broad SMARTS) is 2. The van der Waals surface area contributed by atoms with Crippen molar-refractivity contribution in [1.82, 2.24) is 0 Å². The molecule has 0 bridgehead atoms. The monoisotopic (exact) mass is 193 g/mol. The summed E-state index contributed by atoms with van der Waals surface area (Å²) >= 11 is 0. The molecule has 0 saturated heterocycles. The van der Waals surface area contributed by atoms with Crippen molar-refractivity contribution < 1.29 is 19.8 Å². The van der Waals surface area contributed by atoms with Gasteiger partial charge in [-0.2, -0.15) is 0 Å². The Bertz CT molecular complexity index is 138. The summed E-state index contributed by atoms with van der Waals surface area (Å²) in [7, 11) is 0. The molecule has 2 radical (unpaired) electrons. The van der Waals surface area contributed by atoms with Crippen LogP contribution in [0.15, 0.2) is 0 Å². The molecule has 0 atom stereocenters. The predicted octanol–water partition coefficient (Wildman–Crippen LogP) is -1.64. The molecular weight excluding hydrogens is 184 g/mol. The molecule has 0 spiro atoms. The Balaban J connectivity index is -0.000000405. The van der Waals surface area contributed by atoms with Crippen molar-refractivity contribution >= 4 is 71.1 Å². The molecule has 0 aliphatic heterocycles. The predicted molar refractivity (Wildman–Crippen MR) is 43.9 cm³/mol. The van der Waals surface area contributed by atoms with Crippen LogP contribution >= 0.6 is 0 Å². The summed E-state index contributed by atoms with van der Waals surface area (Å²) < 4.78 is 0. The van der Waals surface area contributed by atoms with Gasteiger partial charge in [-0.05, 0) is 13.0 Å². The Morgan fingerprint density at radius 1 is 1.17 bits per heavy atom. The van der Waals surface area contributed by atoms with Gasteiger partial charge in [-0.1, -0.05) is 0 Å². The number of nitrogens with two attached hydrogens (primary N) is 1. The molecular formula is C5H9NNa2O4. The summed E-state index contributed by atoms with van der Waals surface area (Å²) in [5, 5.41) is 16.5. The minimum Gasteiger partial charge on any atom is -0.481 e. The maximum absolute atomic E-state index is 10.1. The van der Waals surface area contributed by atoms with Crippen molar-refractivity contribution in [2.75, 3.05) is 6.54 Å². The van der Waals surface area contributed by atoms with Crippen LogP contribution in [0.2, 0.25) is 0 Å². The van der Waals surface area contributed by atoms with Crippen LogP contribution < -0.4 is 5.73 Å².